The van der Waals surface area contributed by atoms with Crippen molar-refractivity contribution in [2.45, 2.75) is 32.6 Å². The van der Waals surface area contributed by atoms with Crippen molar-refractivity contribution in [3.8, 4) is 0 Å². The number of Topliss-reactive ketones (excluding diaryl/α,β-unsaturated/α-hetero) is 1. The summed E-state index contributed by atoms with van der Waals surface area (Å²) in [5.41, 5.74) is 7.01. The van der Waals surface area contributed by atoms with Gasteiger partial charge in [0.05, 0.1) is 13.0 Å². The monoisotopic (exact) mass is 361 g/mol. The van der Waals surface area contributed by atoms with Gasteiger partial charge in [0.2, 0.25) is 5.88 Å². The minimum absolute atomic E-state index is 0.0407. The summed E-state index contributed by atoms with van der Waals surface area (Å²) in [6.45, 7) is 4.00. The van der Waals surface area contributed by atoms with Crippen LogP contribution in [-0.4, -0.2) is 18.9 Å². The summed E-state index contributed by atoms with van der Waals surface area (Å²) in [4.78, 5) is 25.3. The normalized spacial score (nSPS) is 22.4. The zero-order valence-electron chi connectivity index (χ0n) is 14.4. The van der Waals surface area contributed by atoms with Gasteiger partial charge in [-0.1, -0.05) is 43.6 Å². The van der Waals surface area contributed by atoms with E-state index in [0.29, 0.717) is 34.8 Å². The van der Waals surface area contributed by atoms with Gasteiger partial charge in [-0.2, -0.15) is 0 Å². The highest BCUT2D eigenvalue weighted by Gasteiger charge is 2.45. The molecule has 0 aromatic heterocycles. The van der Waals surface area contributed by atoms with E-state index in [0.717, 1.165) is 0 Å². The molecule has 2 aliphatic rings. The fraction of sp³-hybridized carbons (Fsp3) is 0.368. The van der Waals surface area contributed by atoms with Crippen LogP contribution in [0.5, 0.6) is 0 Å². The number of esters is 1. The van der Waals surface area contributed by atoms with Gasteiger partial charge in [-0.15, -0.1) is 0 Å². The number of rotatable bonds is 2. The van der Waals surface area contributed by atoms with Gasteiger partial charge in [0.15, 0.2) is 5.78 Å². The molecule has 1 aliphatic heterocycles. The molecule has 0 fully saturated rings. The van der Waals surface area contributed by atoms with Crippen LogP contribution in [0.2, 0.25) is 5.02 Å². The average molecular weight is 362 g/mol. The van der Waals surface area contributed by atoms with Crippen LogP contribution >= 0.6 is 11.6 Å². The standard InChI is InChI=1S/C19H20ClNO4/c1-19(2)8-12(22)15-13(9-19)25-17(21)16(18(23)24-3)14(15)10-6-4-5-7-11(10)20/h4-7,14H,8-9,21H2,1-3H3. The number of hydrogen-bond donors (Lipinski definition) is 1. The van der Waals surface area contributed by atoms with Gasteiger partial charge in [0, 0.05) is 23.4 Å². The van der Waals surface area contributed by atoms with Gasteiger partial charge in [-0.25, -0.2) is 4.79 Å². The highest BCUT2D eigenvalue weighted by atomic mass is 35.5. The lowest BCUT2D eigenvalue weighted by atomic mass is 9.70. The third-order valence-corrected chi connectivity index (χ3v) is 4.92. The third kappa shape index (κ3) is 3.04. The fourth-order valence-corrected chi connectivity index (χ4v) is 3.76. The SMILES string of the molecule is COC(=O)C1=C(N)OC2=C(C(=O)CC(C)(C)C2)C1c1ccccc1Cl. The summed E-state index contributed by atoms with van der Waals surface area (Å²) < 4.78 is 10.6. The van der Waals surface area contributed by atoms with Crippen molar-refractivity contribution in [3.63, 3.8) is 0 Å². The van der Waals surface area contributed by atoms with E-state index in [1.807, 2.05) is 13.8 Å². The largest absolute Gasteiger partial charge is 0.465 e. The van der Waals surface area contributed by atoms with Crippen LogP contribution in [0.3, 0.4) is 0 Å². The zero-order chi connectivity index (χ0) is 18.4. The van der Waals surface area contributed by atoms with E-state index in [1.54, 1.807) is 24.3 Å². The molecular weight excluding hydrogens is 342 g/mol. The number of ketones is 1. The molecule has 5 nitrogen and oxygen atoms in total. The molecule has 2 N–H and O–H groups in total. The summed E-state index contributed by atoms with van der Waals surface area (Å²) in [6.07, 6.45) is 0.925. The Labute approximate surface area is 151 Å². The number of carbonyl (C=O) groups excluding carboxylic acids is 2. The van der Waals surface area contributed by atoms with E-state index in [2.05, 4.69) is 0 Å². The Morgan fingerprint density at radius 1 is 1.32 bits per heavy atom. The Bertz CT molecular complexity index is 822. The van der Waals surface area contributed by atoms with E-state index in [9.17, 15) is 9.59 Å². The summed E-state index contributed by atoms with van der Waals surface area (Å²) in [5, 5.41) is 0.452. The number of ether oxygens (including phenoxy) is 2. The molecule has 1 aliphatic carbocycles. The number of allylic oxidation sites excluding steroid dienone is 2. The van der Waals surface area contributed by atoms with Crippen molar-refractivity contribution in [2.24, 2.45) is 11.1 Å². The van der Waals surface area contributed by atoms with Crippen molar-refractivity contribution < 1.29 is 19.1 Å². The molecule has 6 heteroatoms. The van der Waals surface area contributed by atoms with Crippen molar-refractivity contribution >= 4 is 23.4 Å². The van der Waals surface area contributed by atoms with Gasteiger partial charge >= 0.3 is 5.97 Å². The van der Waals surface area contributed by atoms with Crippen LogP contribution in [0.25, 0.3) is 0 Å². The molecule has 0 spiro atoms. The molecule has 1 unspecified atom stereocenters. The number of carbonyl (C=O) groups is 2. The van der Waals surface area contributed by atoms with Gasteiger partial charge in [-0.3, -0.25) is 4.79 Å². The molecule has 0 amide bonds. The van der Waals surface area contributed by atoms with Crippen LogP contribution in [0.15, 0.2) is 47.1 Å². The van der Waals surface area contributed by atoms with Gasteiger partial charge in [0.25, 0.3) is 0 Å². The highest BCUT2D eigenvalue weighted by molar-refractivity contribution is 6.31. The van der Waals surface area contributed by atoms with Gasteiger partial charge in [-0.05, 0) is 17.0 Å². The molecule has 3 rings (SSSR count). The van der Waals surface area contributed by atoms with Gasteiger partial charge < -0.3 is 15.2 Å². The highest BCUT2D eigenvalue weighted by Crippen LogP contribution is 2.49. The molecule has 1 aromatic rings. The van der Waals surface area contributed by atoms with Crippen molar-refractivity contribution in [2.75, 3.05) is 7.11 Å². The van der Waals surface area contributed by atoms with E-state index in [1.165, 1.54) is 7.11 Å². The van der Waals surface area contributed by atoms with Crippen LogP contribution in [0.4, 0.5) is 0 Å². The molecule has 25 heavy (non-hydrogen) atoms. The first-order valence-electron chi connectivity index (χ1n) is 8.01. The quantitative estimate of drug-likeness (QED) is 0.816. The summed E-state index contributed by atoms with van der Waals surface area (Å²) in [6, 6.07) is 7.09. The lowest BCUT2D eigenvalue weighted by Crippen LogP contribution is -2.35. The topological polar surface area (TPSA) is 78.6 Å². The number of halogens is 1. The van der Waals surface area contributed by atoms with Crippen LogP contribution in [0.1, 0.15) is 38.2 Å². The Morgan fingerprint density at radius 2 is 2.00 bits per heavy atom. The van der Waals surface area contributed by atoms with E-state index < -0.39 is 11.9 Å². The third-order valence-electron chi connectivity index (χ3n) is 4.58. The molecule has 1 atom stereocenters. The molecule has 0 radical (unpaired) electrons. The Morgan fingerprint density at radius 3 is 2.64 bits per heavy atom. The second-order valence-corrected chi connectivity index (χ2v) is 7.51. The molecule has 0 saturated heterocycles. The Balaban J connectivity index is 2.24. The first-order chi connectivity index (χ1) is 11.7. The number of nitrogens with two attached hydrogens (primary N) is 1. The lowest BCUT2D eigenvalue weighted by molar-refractivity contribution is -0.136. The zero-order valence-corrected chi connectivity index (χ0v) is 15.1. The van der Waals surface area contributed by atoms with Crippen molar-refractivity contribution in [3.05, 3.63) is 57.6 Å². The molecule has 0 bridgehead atoms. The number of methoxy groups -OCH3 is 1. The molecule has 0 saturated carbocycles. The second-order valence-electron chi connectivity index (χ2n) is 7.10. The minimum Gasteiger partial charge on any atom is -0.465 e. The number of hydrogen-bond acceptors (Lipinski definition) is 5. The van der Waals surface area contributed by atoms with Gasteiger partial charge in [0.1, 0.15) is 11.3 Å². The van der Waals surface area contributed by atoms with Crippen LogP contribution < -0.4 is 5.73 Å². The minimum atomic E-state index is -0.687. The average Bonchev–Trinajstić information content (AvgIpc) is 2.52. The molecular formula is C19H20ClNO4. The molecule has 1 heterocycles. The fourth-order valence-electron chi connectivity index (χ4n) is 3.51. The first kappa shape index (κ1) is 17.5. The summed E-state index contributed by atoms with van der Waals surface area (Å²) in [7, 11) is 1.27. The second kappa shape index (κ2) is 6.23. The number of benzene rings is 1. The molecule has 132 valence electrons. The van der Waals surface area contributed by atoms with Crippen LogP contribution in [0, 0.1) is 5.41 Å². The van der Waals surface area contributed by atoms with Crippen LogP contribution in [-0.2, 0) is 19.1 Å². The summed E-state index contributed by atoms with van der Waals surface area (Å²) in [5.74, 6) is -0.914. The molecule has 1 aromatic carbocycles. The predicted molar refractivity (Wildman–Crippen MR) is 93.6 cm³/mol. The lowest BCUT2D eigenvalue weighted by Gasteiger charge is -2.38. The Hall–Kier alpha value is -2.27. The maximum atomic E-state index is 12.9. The maximum Gasteiger partial charge on any atom is 0.340 e. The predicted octanol–water partition coefficient (Wildman–Crippen LogP) is 3.44. The van der Waals surface area contributed by atoms with Crippen molar-refractivity contribution in [1.29, 1.82) is 0 Å². The summed E-state index contributed by atoms with van der Waals surface area (Å²) >= 11 is 6.36. The smallest absolute Gasteiger partial charge is 0.340 e. The maximum absolute atomic E-state index is 12.9. The Kier molecular flexibility index (Phi) is 4.37. The first-order valence-corrected chi connectivity index (χ1v) is 8.39. The van der Waals surface area contributed by atoms with Crippen molar-refractivity contribution in [1.82, 2.24) is 0 Å². The van der Waals surface area contributed by atoms with E-state index >= 15 is 0 Å². The van der Waals surface area contributed by atoms with E-state index in [4.69, 9.17) is 26.8 Å². The van der Waals surface area contributed by atoms with E-state index in [-0.39, 0.29) is 22.7 Å².